The molecule has 0 aromatic rings. The summed E-state index contributed by atoms with van der Waals surface area (Å²) in [6.45, 7) is 0.390. The van der Waals surface area contributed by atoms with E-state index in [4.69, 9.17) is 11.5 Å². The van der Waals surface area contributed by atoms with Crippen LogP contribution < -0.4 is 0 Å². The molecule has 103 valence electrons. The third-order valence-electron chi connectivity index (χ3n) is 3.16. The van der Waals surface area contributed by atoms with Gasteiger partial charge in [-0.2, -0.15) is 0 Å². The van der Waals surface area contributed by atoms with Gasteiger partial charge in [-0.1, -0.05) is 12.5 Å². The first kappa shape index (κ1) is 19.2. The number of rotatable bonds is 1. The average molecular weight is 511 g/mol. The first-order valence-electron chi connectivity index (χ1n) is 5.62. The van der Waals surface area contributed by atoms with Gasteiger partial charge in [-0.25, -0.2) is 5.01 Å². The number of hydrogen-bond acceptors (Lipinski definition) is 3. The first-order valence-corrected chi connectivity index (χ1v) is 5.62. The van der Waals surface area contributed by atoms with Gasteiger partial charge in [-0.05, 0) is 12.8 Å². The van der Waals surface area contributed by atoms with Gasteiger partial charge in [0.15, 0.2) is 0 Å². The van der Waals surface area contributed by atoms with E-state index < -0.39 is 23.9 Å². The summed E-state index contributed by atoms with van der Waals surface area (Å²) in [5, 5.41) is 2.29. The summed E-state index contributed by atoms with van der Waals surface area (Å²) in [4.78, 5) is 34.9. The summed E-state index contributed by atoms with van der Waals surface area (Å²) in [7, 11) is 0. The second-order valence-electron chi connectivity index (χ2n) is 4.31. The number of fused-ring (bicyclic) bond motifs is 1. The van der Waals surface area contributed by atoms with Gasteiger partial charge in [0.25, 0.3) is 0 Å². The molecule has 2 fully saturated rings. The molecule has 2 atom stereocenters. The summed E-state index contributed by atoms with van der Waals surface area (Å²) in [5.41, 5.74) is 14.8. The second kappa shape index (κ2) is 7.82. The number of hydrogen-bond donors (Lipinski definition) is 0. The maximum Gasteiger partial charge on any atom is 0.241 e. The Kier molecular flexibility index (Phi) is 7.88. The van der Waals surface area contributed by atoms with E-state index in [9.17, 15) is 14.4 Å². The summed E-state index contributed by atoms with van der Waals surface area (Å²) >= 11 is 0. The van der Waals surface area contributed by atoms with Gasteiger partial charge in [0.2, 0.25) is 11.8 Å². The van der Waals surface area contributed by atoms with E-state index in [0.717, 1.165) is 5.01 Å². The molecule has 9 heteroatoms. The van der Waals surface area contributed by atoms with E-state index in [1.54, 1.807) is 0 Å². The molecule has 2 aliphatic rings. The van der Waals surface area contributed by atoms with E-state index in [2.05, 4.69) is 0 Å². The molecule has 7 nitrogen and oxygen atoms in total. The van der Waals surface area contributed by atoms with Crippen LogP contribution in [0.25, 0.3) is 11.5 Å². The third kappa shape index (κ3) is 3.84. The third-order valence-corrected chi connectivity index (χ3v) is 3.16. The van der Waals surface area contributed by atoms with Crippen LogP contribution in [0.3, 0.4) is 0 Å². The zero-order valence-electron chi connectivity index (χ0n) is 10.3. The van der Waals surface area contributed by atoms with Crippen molar-refractivity contribution in [3.05, 3.63) is 11.5 Å². The topological polar surface area (TPSA) is 105 Å². The molecule has 2 unspecified atom stereocenters. The standard InChI is InChI=1S/C10H15N4O3.W.Y/c11-6-3-4-8(15)13-5-1-2-7(9(12)16)14(13)10(6)17;;/h6-7,11H,1-5H2,(H2,12,16);;/q-1;;/p-1. The van der Waals surface area contributed by atoms with Crippen molar-refractivity contribution in [2.24, 2.45) is 0 Å². The van der Waals surface area contributed by atoms with Crippen molar-refractivity contribution < 1.29 is 68.2 Å². The van der Waals surface area contributed by atoms with Crippen LogP contribution in [0, 0.1) is 0 Å². The molecule has 19 heavy (non-hydrogen) atoms. The Morgan fingerprint density at radius 3 is 2.47 bits per heavy atom. The normalized spacial score (nSPS) is 26.8. The van der Waals surface area contributed by atoms with Gasteiger partial charge in [0, 0.05) is 66.7 Å². The molecule has 0 bridgehead atoms. The Balaban J connectivity index is 0.00000162. The predicted molar refractivity (Wildman–Crippen MR) is 58.3 cm³/mol. The van der Waals surface area contributed by atoms with Gasteiger partial charge >= 0.3 is 0 Å². The molecule has 0 saturated carbocycles. The van der Waals surface area contributed by atoms with E-state index in [1.165, 1.54) is 5.01 Å². The Morgan fingerprint density at radius 2 is 1.89 bits per heavy atom. The fourth-order valence-electron chi connectivity index (χ4n) is 2.27. The van der Waals surface area contributed by atoms with Gasteiger partial charge in [-0.3, -0.25) is 14.6 Å². The van der Waals surface area contributed by atoms with E-state index in [-0.39, 0.29) is 72.5 Å². The quantitative estimate of drug-likeness (QED) is 0.513. The molecule has 2 rings (SSSR count). The Hall–Kier alpha value is 0.162. The van der Waals surface area contributed by atoms with E-state index in [0.29, 0.717) is 19.4 Å². The van der Waals surface area contributed by atoms with Crippen molar-refractivity contribution >= 4 is 17.7 Å². The van der Waals surface area contributed by atoms with Gasteiger partial charge in [-0.15, -0.1) is 0 Å². The minimum Gasteiger partial charge on any atom is -0.667 e. The first-order chi connectivity index (χ1) is 8.02. The zero-order valence-corrected chi connectivity index (χ0v) is 16.1. The van der Waals surface area contributed by atoms with Gasteiger partial charge in [0.05, 0.1) is 11.9 Å². The van der Waals surface area contributed by atoms with Crippen molar-refractivity contribution in [1.82, 2.24) is 10.0 Å². The molecule has 2 heterocycles. The number of nitrogens with one attached hydrogen (secondary N) is 2. The summed E-state index contributed by atoms with van der Waals surface area (Å²) in [6, 6.07) is -1.91. The van der Waals surface area contributed by atoms with Crippen molar-refractivity contribution in [2.45, 2.75) is 37.8 Å². The molecule has 2 saturated heterocycles. The molecule has 2 aliphatic heterocycles. The largest absolute Gasteiger partial charge is 0.667 e. The zero-order chi connectivity index (χ0) is 12.6. The molecule has 0 aromatic carbocycles. The Labute approximate surface area is 150 Å². The Bertz CT molecular complexity index is 382. The molecular weight excluding hydrogens is 497 g/mol. The van der Waals surface area contributed by atoms with Crippen LogP contribution in [0.2, 0.25) is 0 Å². The van der Waals surface area contributed by atoms with Crippen molar-refractivity contribution in [3.63, 3.8) is 0 Å². The van der Waals surface area contributed by atoms with Gasteiger partial charge in [0.1, 0.15) is 0 Å². The minimum atomic E-state index is -1.01. The summed E-state index contributed by atoms with van der Waals surface area (Å²) < 4.78 is 0. The number of hydrazine groups is 1. The van der Waals surface area contributed by atoms with Crippen LogP contribution in [0.15, 0.2) is 0 Å². The second-order valence-corrected chi connectivity index (χ2v) is 4.31. The van der Waals surface area contributed by atoms with Crippen LogP contribution in [0.5, 0.6) is 0 Å². The molecule has 0 aliphatic carbocycles. The van der Waals surface area contributed by atoms with E-state index in [1.807, 2.05) is 0 Å². The maximum absolute atomic E-state index is 11.9. The van der Waals surface area contributed by atoms with Gasteiger partial charge < -0.3 is 16.3 Å². The van der Waals surface area contributed by atoms with Crippen LogP contribution in [0.1, 0.15) is 25.7 Å². The van der Waals surface area contributed by atoms with Crippen molar-refractivity contribution in [3.8, 4) is 0 Å². The minimum absolute atomic E-state index is 0. The number of carbonyl (C=O) groups is 3. The molecule has 1 radical (unpaired) electrons. The van der Waals surface area contributed by atoms with Crippen LogP contribution in [-0.2, 0) is 68.2 Å². The molecule has 2 N–H and O–H groups in total. The fourth-order valence-corrected chi connectivity index (χ4v) is 2.27. The smallest absolute Gasteiger partial charge is 0.241 e. The molecule has 0 aromatic heterocycles. The Morgan fingerprint density at radius 1 is 1.26 bits per heavy atom. The number of carbonyl (C=O) groups excluding carboxylic acids is 3. The molecular formula is C10H14N4O3WY-2. The maximum atomic E-state index is 11.9. The number of nitrogens with zero attached hydrogens (tertiary/aromatic N) is 2. The predicted octanol–water partition coefficient (Wildman–Crippen LogP) is 0.509. The van der Waals surface area contributed by atoms with Crippen LogP contribution in [0.4, 0.5) is 0 Å². The number of amides is 3. The SMILES string of the molecule is [NH-]C(=O)C1CCCN2C(=O)CCC([NH-])C(=O)N12.[W].[Y]. The van der Waals surface area contributed by atoms with Crippen molar-refractivity contribution in [2.75, 3.05) is 6.54 Å². The van der Waals surface area contributed by atoms with Crippen LogP contribution in [-0.4, -0.2) is 46.4 Å². The van der Waals surface area contributed by atoms with Crippen LogP contribution >= 0.6 is 0 Å². The van der Waals surface area contributed by atoms with E-state index >= 15 is 0 Å². The summed E-state index contributed by atoms with van der Waals surface area (Å²) in [6.07, 6.45) is 1.33. The molecule has 3 amide bonds. The monoisotopic (exact) mass is 511 g/mol. The van der Waals surface area contributed by atoms with Crippen molar-refractivity contribution in [1.29, 1.82) is 0 Å². The summed E-state index contributed by atoms with van der Waals surface area (Å²) in [5.74, 6) is -1.65. The fraction of sp³-hybridized carbons (Fsp3) is 0.700. The molecule has 0 spiro atoms. The average Bonchev–Trinajstić information content (AvgIpc) is 2.42.